The van der Waals surface area contributed by atoms with Crippen molar-refractivity contribution in [1.29, 1.82) is 0 Å². The largest absolute Gasteiger partial charge is 0.418 e. The van der Waals surface area contributed by atoms with Crippen LogP contribution in [0.15, 0.2) is 42.6 Å². The van der Waals surface area contributed by atoms with Gasteiger partial charge in [0.05, 0.1) is 16.8 Å². The monoisotopic (exact) mass is 443 g/mol. The standard InChI is InChI=1S/C22H19F6NO2/c23-21(24,25)15-7-3-13(4-8-15)17(12-19(31)14-5-9-16(30)10-6-14)20-18(22(26,27)28)2-1-11-29-20/h1-4,7-8,11,14,17H,5-6,9-10,12H2/t17-/m0/s1. The van der Waals surface area contributed by atoms with E-state index in [1.165, 1.54) is 0 Å². The number of nitrogens with zero attached hydrogens (tertiary/aromatic N) is 1. The maximum atomic E-state index is 13.6. The highest BCUT2D eigenvalue weighted by Crippen LogP contribution is 2.40. The van der Waals surface area contributed by atoms with Crippen LogP contribution in [-0.4, -0.2) is 16.6 Å². The molecule has 9 heteroatoms. The van der Waals surface area contributed by atoms with Crippen LogP contribution in [0.3, 0.4) is 0 Å². The van der Waals surface area contributed by atoms with E-state index in [1.807, 2.05) is 0 Å². The molecule has 2 aromatic rings. The molecule has 0 unspecified atom stereocenters. The van der Waals surface area contributed by atoms with Crippen LogP contribution < -0.4 is 0 Å². The van der Waals surface area contributed by atoms with Gasteiger partial charge in [0.15, 0.2) is 0 Å². The molecule has 3 rings (SSSR count). The third-order valence-electron chi connectivity index (χ3n) is 5.52. The van der Waals surface area contributed by atoms with Gasteiger partial charge in [0.2, 0.25) is 0 Å². The fourth-order valence-electron chi connectivity index (χ4n) is 3.84. The number of ketones is 2. The molecule has 1 saturated carbocycles. The lowest BCUT2D eigenvalue weighted by Gasteiger charge is -2.25. The first-order valence-electron chi connectivity index (χ1n) is 9.70. The summed E-state index contributed by atoms with van der Waals surface area (Å²) in [6.45, 7) is 0. The molecule has 1 aliphatic rings. The van der Waals surface area contributed by atoms with Crippen LogP contribution in [0.25, 0.3) is 0 Å². The van der Waals surface area contributed by atoms with Crippen LogP contribution in [-0.2, 0) is 21.9 Å². The number of carbonyl (C=O) groups excluding carboxylic acids is 2. The Morgan fingerprint density at radius 3 is 2.13 bits per heavy atom. The van der Waals surface area contributed by atoms with Crippen LogP contribution in [0.2, 0.25) is 0 Å². The smallest absolute Gasteiger partial charge is 0.300 e. The molecule has 0 amide bonds. The molecule has 0 aliphatic heterocycles. The zero-order valence-corrected chi connectivity index (χ0v) is 16.3. The number of carbonyl (C=O) groups is 2. The van der Waals surface area contributed by atoms with Gasteiger partial charge in [-0.1, -0.05) is 12.1 Å². The molecule has 1 aromatic heterocycles. The van der Waals surface area contributed by atoms with E-state index >= 15 is 0 Å². The van der Waals surface area contributed by atoms with Gasteiger partial charge in [-0.25, -0.2) is 0 Å². The fourth-order valence-corrected chi connectivity index (χ4v) is 3.84. The van der Waals surface area contributed by atoms with Crippen molar-refractivity contribution in [2.75, 3.05) is 0 Å². The lowest BCUT2D eigenvalue weighted by molar-refractivity contribution is -0.139. The minimum atomic E-state index is -4.74. The maximum Gasteiger partial charge on any atom is 0.418 e. The Balaban J connectivity index is 1.99. The number of Topliss-reactive ketones (excluding diaryl/α,β-unsaturated/α-hetero) is 2. The number of hydrogen-bond acceptors (Lipinski definition) is 3. The van der Waals surface area contributed by atoms with Crippen molar-refractivity contribution in [2.24, 2.45) is 5.92 Å². The van der Waals surface area contributed by atoms with Crippen LogP contribution in [0.1, 0.15) is 60.4 Å². The summed E-state index contributed by atoms with van der Waals surface area (Å²) < 4.78 is 79.4. The van der Waals surface area contributed by atoms with E-state index in [-0.39, 0.29) is 36.4 Å². The third-order valence-corrected chi connectivity index (χ3v) is 5.52. The lowest BCUT2D eigenvalue weighted by atomic mass is 9.79. The van der Waals surface area contributed by atoms with E-state index in [4.69, 9.17) is 0 Å². The third kappa shape index (κ3) is 5.51. The predicted octanol–water partition coefficient (Wildman–Crippen LogP) is 5.97. The van der Waals surface area contributed by atoms with Gasteiger partial charge in [-0.2, -0.15) is 26.3 Å². The molecule has 0 saturated heterocycles. The van der Waals surface area contributed by atoms with Crippen molar-refractivity contribution >= 4 is 11.6 Å². The molecule has 1 fully saturated rings. The Bertz CT molecular complexity index is 940. The van der Waals surface area contributed by atoms with Gasteiger partial charge in [-0.05, 0) is 42.7 Å². The summed E-state index contributed by atoms with van der Waals surface area (Å²) in [6, 6.07) is 5.68. The van der Waals surface area contributed by atoms with E-state index in [9.17, 15) is 35.9 Å². The summed E-state index contributed by atoms with van der Waals surface area (Å²) in [6.07, 6.45) is -7.40. The molecule has 31 heavy (non-hydrogen) atoms. The number of alkyl halides is 6. The summed E-state index contributed by atoms with van der Waals surface area (Å²) in [7, 11) is 0. The molecule has 3 nitrogen and oxygen atoms in total. The Kier molecular flexibility index (Phi) is 6.52. The maximum absolute atomic E-state index is 13.6. The fraction of sp³-hybridized carbons (Fsp3) is 0.409. The lowest BCUT2D eigenvalue weighted by Crippen LogP contribution is -2.25. The minimum absolute atomic E-state index is 0.0347. The SMILES string of the molecule is O=C1CCC(C(=O)C[C@@H](c2ccc(C(F)(F)F)cc2)c2ncccc2C(F)(F)F)CC1. The Labute approximate surface area is 174 Å². The molecular formula is C22H19F6NO2. The Morgan fingerprint density at radius 2 is 1.58 bits per heavy atom. The van der Waals surface area contributed by atoms with Crippen LogP contribution in [0, 0.1) is 5.92 Å². The summed E-state index contributed by atoms with van der Waals surface area (Å²) in [4.78, 5) is 28.1. The number of benzene rings is 1. The van der Waals surface area contributed by atoms with E-state index < -0.39 is 41.0 Å². The quantitative estimate of drug-likeness (QED) is 0.535. The van der Waals surface area contributed by atoms with Crippen molar-refractivity contribution < 1.29 is 35.9 Å². The van der Waals surface area contributed by atoms with E-state index in [2.05, 4.69) is 4.98 Å². The predicted molar refractivity (Wildman–Crippen MR) is 99.1 cm³/mol. The second kappa shape index (κ2) is 8.80. The van der Waals surface area contributed by atoms with Crippen molar-refractivity contribution in [1.82, 2.24) is 4.98 Å². The molecular weight excluding hydrogens is 424 g/mol. The van der Waals surface area contributed by atoms with Crippen molar-refractivity contribution in [3.05, 3.63) is 65.0 Å². The van der Waals surface area contributed by atoms with Crippen molar-refractivity contribution in [3.8, 4) is 0 Å². The number of halogens is 6. The second-order valence-electron chi connectivity index (χ2n) is 7.59. The second-order valence-corrected chi connectivity index (χ2v) is 7.59. The average Bonchev–Trinajstić information content (AvgIpc) is 2.71. The molecule has 1 aromatic carbocycles. The zero-order chi connectivity index (χ0) is 22.8. The summed E-state index contributed by atoms with van der Waals surface area (Å²) in [5.74, 6) is -1.92. The normalized spacial score (nSPS) is 16.9. The van der Waals surface area contributed by atoms with Gasteiger partial charge in [-0.3, -0.25) is 14.6 Å². The first-order valence-corrected chi connectivity index (χ1v) is 9.70. The van der Waals surface area contributed by atoms with E-state index in [0.29, 0.717) is 12.8 Å². The Hall–Kier alpha value is -2.71. The molecule has 166 valence electrons. The molecule has 0 radical (unpaired) electrons. The van der Waals surface area contributed by atoms with E-state index in [0.717, 1.165) is 42.6 Å². The van der Waals surface area contributed by atoms with Gasteiger partial charge >= 0.3 is 12.4 Å². The van der Waals surface area contributed by atoms with Gasteiger partial charge in [0.25, 0.3) is 0 Å². The molecule has 0 spiro atoms. The van der Waals surface area contributed by atoms with Crippen LogP contribution in [0.4, 0.5) is 26.3 Å². The van der Waals surface area contributed by atoms with E-state index in [1.54, 1.807) is 0 Å². The zero-order valence-electron chi connectivity index (χ0n) is 16.3. The first kappa shape index (κ1) is 23.0. The molecule has 1 atom stereocenters. The number of aromatic nitrogens is 1. The average molecular weight is 443 g/mol. The number of pyridine rings is 1. The minimum Gasteiger partial charge on any atom is -0.300 e. The van der Waals surface area contributed by atoms with Crippen LogP contribution in [0.5, 0.6) is 0 Å². The van der Waals surface area contributed by atoms with Gasteiger partial charge < -0.3 is 0 Å². The molecule has 0 N–H and O–H groups in total. The van der Waals surface area contributed by atoms with Gasteiger partial charge in [0.1, 0.15) is 11.6 Å². The molecule has 0 bridgehead atoms. The summed E-state index contributed by atoms with van der Waals surface area (Å²) in [5.41, 5.74) is -2.25. The van der Waals surface area contributed by atoms with Crippen molar-refractivity contribution in [2.45, 2.75) is 50.4 Å². The highest BCUT2D eigenvalue weighted by Gasteiger charge is 2.38. The topological polar surface area (TPSA) is 47.0 Å². The highest BCUT2D eigenvalue weighted by molar-refractivity contribution is 5.86. The van der Waals surface area contributed by atoms with Crippen LogP contribution >= 0.6 is 0 Å². The van der Waals surface area contributed by atoms with Crippen molar-refractivity contribution in [3.63, 3.8) is 0 Å². The number of hydrogen-bond donors (Lipinski definition) is 0. The summed E-state index contributed by atoms with van der Waals surface area (Å²) in [5, 5.41) is 0. The van der Waals surface area contributed by atoms with Gasteiger partial charge in [0, 0.05) is 37.3 Å². The Morgan fingerprint density at radius 1 is 0.968 bits per heavy atom. The molecule has 1 aliphatic carbocycles. The molecule has 1 heterocycles. The van der Waals surface area contributed by atoms with Gasteiger partial charge in [-0.15, -0.1) is 0 Å². The first-order chi connectivity index (χ1) is 14.5. The summed E-state index contributed by atoms with van der Waals surface area (Å²) >= 11 is 0. The number of rotatable bonds is 5. The highest BCUT2D eigenvalue weighted by atomic mass is 19.4.